The van der Waals surface area contributed by atoms with Gasteiger partial charge in [-0.05, 0) is 30.3 Å². The monoisotopic (exact) mass is 468 g/mol. The Morgan fingerprint density at radius 2 is 1.93 bits per heavy atom. The number of carbonyl (C=O) groups is 1. The summed E-state index contributed by atoms with van der Waals surface area (Å²) in [5.74, 6) is -0.737. The minimum atomic E-state index is -3.63. The van der Waals surface area contributed by atoms with Crippen LogP contribution < -0.4 is 5.32 Å². The van der Waals surface area contributed by atoms with Crippen molar-refractivity contribution in [1.29, 1.82) is 0 Å². The van der Waals surface area contributed by atoms with Gasteiger partial charge in [-0.25, -0.2) is 13.4 Å². The Hall–Kier alpha value is -2.60. The van der Waals surface area contributed by atoms with E-state index in [1.807, 2.05) is 0 Å². The molecule has 0 aliphatic carbocycles. The van der Waals surface area contributed by atoms with Crippen LogP contribution in [0.2, 0.25) is 5.02 Å². The Morgan fingerprint density at radius 1 is 1.23 bits per heavy atom. The molecule has 0 unspecified atom stereocenters. The first kappa shape index (κ1) is 22.1. The molecule has 0 aliphatic heterocycles. The Bertz CT molecular complexity index is 1240. The Balaban J connectivity index is 1.93. The van der Waals surface area contributed by atoms with Crippen molar-refractivity contribution in [1.82, 2.24) is 9.29 Å². The van der Waals surface area contributed by atoms with Crippen molar-refractivity contribution >= 4 is 59.9 Å². The summed E-state index contributed by atoms with van der Waals surface area (Å²) in [6.07, 6.45) is 0. The summed E-state index contributed by atoms with van der Waals surface area (Å²) >= 11 is 6.93. The SMILES string of the molecule is CCN(CC)S(=O)(=O)c1ccc2nc(NC(=O)c3cc(Cl)ccc3[N+](=O)[O-])sc2c1. The fraction of sp³-hybridized carbons (Fsp3) is 0.222. The number of thiazole rings is 1. The largest absolute Gasteiger partial charge is 0.298 e. The number of halogens is 1. The predicted octanol–water partition coefficient (Wildman–Crippen LogP) is 4.14. The van der Waals surface area contributed by atoms with E-state index in [0.29, 0.717) is 23.3 Å². The fourth-order valence-corrected chi connectivity index (χ4v) is 5.48. The molecule has 3 aromatic rings. The lowest BCUT2D eigenvalue weighted by atomic mass is 10.1. The van der Waals surface area contributed by atoms with Gasteiger partial charge in [-0.3, -0.25) is 20.2 Å². The summed E-state index contributed by atoms with van der Waals surface area (Å²) in [6, 6.07) is 8.20. The maximum Gasteiger partial charge on any atom is 0.282 e. The van der Waals surface area contributed by atoms with Crippen LogP contribution in [-0.2, 0) is 10.0 Å². The van der Waals surface area contributed by atoms with E-state index in [1.54, 1.807) is 19.9 Å². The molecule has 1 amide bonds. The van der Waals surface area contributed by atoms with Crippen molar-refractivity contribution in [2.75, 3.05) is 18.4 Å². The zero-order valence-corrected chi connectivity index (χ0v) is 18.3. The lowest BCUT2D eigenvalue weighted by Gasteiger charge is -2.18. The predicted molar refractivity (Wildman–Crippen MR) is 116 cm³/mol. The zero-order chi connectivity index (χ0) is 22.1. The van der Waals surface area contributed by atoms with E-state index in [9.17, 15) is 23.3 Å². The minimum absolute atomic E-state index is 0.130. The number of carbonyl (C=O) groups excluding carboxylic acids is 1. The summed E-state index contributed by atoms with van der Waals surface area (Å²) in [7, 11) is -3.63. The lowest BCUT2D eigenvalue weighted by Crippen LogP contribution is -2.30. The molecule has 0 atom stereocenters. The molecule has 158 valence electrons. The number of nitro benzene ring substituents is 1. The first-order valence-corrected chi connectivity index (χ1v) is 11.5. The number of aromatic nitrogens is 1. The third kappa shape index (κ3) is 4.29. The quantitative estimate of drug-likeness (QED) is 0.410. The van der Waals surface area contributed by atoms with Crippen LogP contribution in [0.25, 0.3) is 10.2 Å². The molecular weight excluding hydrogens is 452 g/mol. The topological polar surface area (TPSA) is 123 Å². The first-order chi connectivity index (χ1) is 14.2. The second-order valence-corrected chi connectivity index (χ2v) is 9.52. The summed E-state index contributed by atoms with van der Waals surface area (Å²) < 4.78 is 27.3. The van der Waals surface area contributed by atoms with Crippen molar-refractivity contribution in [3.63, 3.8) is 0 Å². The molecule has 1 N–H and O–H groups in total. The zero-order valence-electron chi connectivity index (χ0n) is 16.0. The normalized spacial score (nSPS) is 11.7. The molecule has 0 saturated carbocycles. The molecule has 30 heavy (non-hydrogen) atoms. The highest BCUT2D eigenvalue weighted by molar-refractivity contribution is 7.89. The molecule has 0 spiro atoms. The van der Waals surface area contributed by atoms with E-state index in [-0.39, 0.29) is 26.3 Å². The van der Waals surface area contributed by atoms with E-state index in [1.165, 1.54) is 28.6 Å². The van der Waals surface area contributed by atoms with Crippen LogP contribution in [0, 0.1) is 10.1 Å². The van der Waals surface area contributed by atoms with E-state index in [4.69, 9.17) is 11.6 Å². The van der Waals surface area contributed by atoms with Crippen LogP contribution in [0.4, 0.5) is 10.8 Å². The van der Waals surface area contributed by atoms with E-state index in [2.05, 4.69) is 10.3 Å². The summed E-state index contributed by atoms with van der Waals surface area (Å²) in [5.41, 5.74) is -0.0865. The van der Waals surface area contributed by atoms with Crippen LogP contribution in [0.15, 0.2) is 41.3 Å². The van der Waals surface area contributed by atoms with Crippen molar-refractivity contribution in [3.8, 4) is 0 Å². The number of amides is 1. The molecule has 3 rings (SSSR count). The number of rotatable bonds is 7. The molecule has 12 heteroatoms. The van der Waals surface area contributed by atoms with Gasteiger partial charge in [0.2, 0.25) is 10.0 Å². The van der Waals surface area contributed by atoms with Crippen LogP contribution in [0.5, 0.6) is 0 Å². The average molecular weight is 469 g/mol. The fourth-order valence-electron chi connectivity index (χ4n) is 2.85. The second-order valence-electron chi connectivity index (χ2n) is 6.11. The highest BCUT2D eigenvalue weighted by Gasteiger charge is 2.24. The number of fused-ring (bicyclic) bond motifs is 1. The molecule has 0 radical (unpaired) electrons. The standard InChI is InChI=1S/C18H17ClN4O5S2/c1-3-22(4-2)30(27,28)12-6-7-14-16(10-12)29-18(20-14)21-17(24)13-9-11(19)5-8-15(13)23(25)26/h5-10H,3-4H2,1-2H3,(H,20,21,24). The summed E-state index contributed by atoms with van der Waals surface area (Å²) in [5, 5.41) is 14.1. The van der Waals surface area contributed by atoms with Crippen LogP contribution >= 0.6 is 22.9 Å². The number of benzene rings is 2. The van der Waals surface area contributed by atoms with Crippen molar-refractivity contribution in [2.24, 2.45) is 0 Å². The van der Waals surface area contributed by atoms with Crippen LogP contribution in [0.1, 0.15) is 24.2 Å². The number of nitrogens with zero attached hydrogens (tertiary/aromatic N) is 3. The number of sulfonamides is 1. The maximum atomic E-state index is 12.7. The first-order valence-electron chi connectivity index (χ1n) is 8.83. The van der Waals surface area contributed by atoms with Gasteiger partial charge in [0, 0.05) is 24.2 Å². The Kier molecular flexibility index (Phi) is 6.36. The average Bonchev–Trinajstić information content (AvgIpc) is 3.09. The lowest BCUT2D eigenvalue weighted by molar-refractivity contribution is -0.385. The summed E-state index contributed by atoms with van der Waals surface area (Å²) in [6.45, 7) is 4.21. The molecule has 2 aromatic carbocycles. The molecule has 0 saturated heterocycles. The maximum absolute atomic E-state index is 12.7. The number of hydrogen-bond acceptors (Lipinski definition) is 7. The molecule has 0 bridgehead atoms. The van der Waals surface area contributed by atoms with Gasteiger partial charge in [0.25, 0.3) is 11.6 Å². The van der Waals surface area contributed by atoms with Gasteiger partial charge in [-0.15, -0.1) is 0 Å². The van der Waals surface area contributed by atoms with Crippen molar-refractivity contribution in [3.05, 3.63) is 57.1 Å². The van der Waals surface area contributed by atoms with Crippen molar-refractivity contribution < 1.29 is 18.1 Å². The molecular formula is C18H17ClN4O5S2. The number of nitro groups is 1. The minimum Gasteiger partial charge on any atom is -0.298 e. The van der Waals surface area contributed by atoms with Crippen LogP contribution in [0.3, 0.4) is 0 Å². The van der Waals surface area contributed by atoms with E-state index in [0.717, 1.165) is 17.4 Å². The second kappa shape index (κ2) is 8.64. The van der Waals surface area contributed by atoms with Gasteiger partial charge in [0.05, 0.1) is 20.0 Å². The van der Waals surface area contributed by atoms with E-state index >= 15 is 0 Å². The highest BCUT2D eigenvalue weighted by atomic mass is 35.5. The van der Waals surface area contributed by atoms with Crippen molar-refractivity contribution in [2.45, 2.75) is 18.7 Å². The summed E-state index contributed by atoms with van der Waals surface area (Å²) in [4.78, 5) is 27.4. The number of anilines is 1. The molecule has 0 aliphatic rings. The number of nitrogens with one attached hydrogen (secondary N) is 1. The molecule has 0 fully saturated rings. The van der Waals surface area contributed by atoms with Crippen LogP contribution in [-0.4, -0.2) is 41.6 Å². The number of hydrogen-bond donors (Lipinski definition) is 1. The van der Waals surface area contributed by atoms with Gasteiger partial charge in [-0.2, -0.15) is 4.31 Å². The third-order valence-corrected chi connectivity index (χ3v) is 7.54. The Morgan fingerprint density at radius 3 is 2.57 bits per heavy atom. The van der Waals surface area contributed by atoms with E-state index < -0.39 is 20.9 Å². The molecule has 1 aromatic heterocycles. The molecule has 9 nitrogen and oxygen atoms in total. The van der Waals surface area contributed by atoms with Gasteiger partial charge in [-0.1, -0.05) is 36.8 Å². The van der Waals surface area contributed by atoms with Gasteiger partial charge < -0.3 is 0 Å². The third-order valence-electron chi connectivity index (χ3n) is 4.32. The molecule has 1 heterocycles. The van der Waals surface area contributed by atoms with Gasteiger partial charge in [0.15, 0.2) is 5.13 Å². The smallest absolute Gasteiger partial charge is 0.282 e. The Labute approximate surface area is 181 Å². The van der Waals surface area contributed by atoms with Gasteiger partial charge >= 0.3 is 0 Å². The highest BCUT2D eigenvalue weighted by Crippen LogP contribution is 2.30. The van der Waals surface area contributed by atoms with Gasteiger partial charge in [0.1, 0.15) is 5.56 Å².